The number of nitrogens with one attached hydrogen (secondary N) is 2. The molecule has 0 bridgehead atoms. The number of hydrogen-bond acceptors (Lipinski definition) is 5. The van der Waals surface area contributed by atoms with Crippen LogP contribution in [0.5, 0.6) is 0 Å². The molecule has 2 aliphatic heterocycles. The molecule has 0 unspecified atom stereocenters. The Balaban J connectivity index is 1.53. The van der Waals surface area contributed by atoms with Crippen molar-refractivity contribution in [2.75, 3.05) is 39.3 Å². The SMILES string of the molecule is Cc1ccc(/C=C\C(=N\NC(=O)N/N=C(/C=C\c2ccc(C)cc2)C(C)(C)CN2CCCCC2)C(C)(C)CN2CCCCC2)cc1. The number of carbonyl (C=O) groups excluding carboxylic acids is 1. The maximum Gasteiger partial charge on any atom is 0.355 e. The Hall–Kier alpha value is -3.55. The molecule has 7 heteroatoms. The average Bonchev–Trinajstić information content (AvgIpc) is 3.03. The zero-order chi connectivity index (χ0) is 33.0. The summed E-state index contributed by atoms with van der Waals surface area (Å²) >= 11 is 0. The molecule has 0 aromatic heterocycles. The molecule has 2 N–H and O–H groups in total. The van der Waals surface area contributed by atoms with Gasteiger partial charge in [-0.15, -0.1) is 0 Å². The Labute approximate surface area is 277 Å². The normalized spacial score (nSPS) is 18.0. The Morgan fingerprint density at radius 3 is 1.33 bits per heavy atom. The van der Waals surface area contributed by atoms with E-state index < -0.39 is 6.03 Å². The van der Waals surface area contributed by atoms with Gasteiger partial charge in [0.05, 0.1) is 11.4 Å². The number of nitrogens with zero attached hydrogens (tertiary/aromatic N) is 4. The Morgan fingerprint density at radius 2 is 0.978 bits per heavy atom. The van der Waals surface area contributed by atoms with E-state index in [0.29, 0.717) is 0 Å². The van der Waals surface area contributed by atoms with Crippen LogP contribution in [-0.2, 0) is 0 Å². The Morgan fingerprint density at radius 1 is 0.630 bits per heavy atom. The Kier molecular flexibility index (Phi) is 12.9. The number of hydrogen-bond donors (Lipinski definition) is 2. The maximum atomic E-state index is 13.2. The van der Waals surface area contributed by atoms with Crippen LogP contribution >= 0.6 is 0 Å². The van der Waals surface area contributed by atoms with Crippen molar-refractivity contribution in [1.29, 1.82) is 0 Å². The van der Waals surface area contributed by atoms with Gasteiger partial charge in [0.2, 0.25) is 0 Å². The van der Waals surface area contributed by atoms with Gasteiger partial charge in [-0.25, -0.2) is 15.6 Å². The highest BCUT2D eigenvalue weighted by Crippen LogP contribution is 2.25. The average molecular weight is 625 g/mol. The van der Waals surface area contributed by atoms with Gasteiger partial charge in [0.25, 0.3) is 0 Å². The molecule has 2 aromatic rings. The molecule has 2 aromatic carbocycles. The third kappa shape index (κ3) is 11.4. The second kappa shape index (κ2) is 16.8. The summed E-state index contributed by atoms with van der Waals surface area (Å²) in [5.74, 6) is 0. The van der Waals surface area contributed by atoms with Crippen molar-refractivity contribution in [2.45, 2.75) is 80.1 Å². The van der Waals surface area contributed by atoms with Crippen molar-refractivity contribution < 1.29 is 4.79 Å². The van der Waals surface area contributed by atoms with Crippen molar-refractivity contribution in [3.05, 3.63) is 82.9 Å². The molecule has 2 heterocycles. The summed E-state index contributed by atoms with van der Waals surface area (Å²) in [5, 5.41) is 9.35. The first-order valence-electron chi connectivity index (χ1n) is 17.2. The van der Waals surface area contributed by atoms with Crippen LogP contribution < -0.4 is 10.9 Å². The zero-order valence-electron chi connectivity index (χ0n) is 29.1. The molecule has 46 heavy (non-hydrogen) atoms. The van der Waals surface area contributed by atoms with Gasteiger partial charge in [0, 0.05) is 23.9 Å². The van der Waals surface area contributed by atoms with Crippen LogP contribution in [0.25, 0.3) is 12.2 Å². The summed E-state index contributed by atoms with van der Waals surface area (Å²) in [5.41, 5.74) is 11.3. The lowest BCUT2D eigenvalue weighted by atomic mass is 9.85. The van der Waals surface area contributed by atoms with Crippen LogP contribution in [-0.4, -0.2) is 66.5 Å². The quantitative estimate of drug-likeness (QED) is 0.185. The lowest BCUT2D eigenvalue weighted by molar-refractivity contribution is 0.186. The summed E-state index contributed by atoms with van der Waals surface area (Å²) in [6.07, 6.45) is 15.7. The number of rotatable bonds is 12. The lowest BCUT2D eigenvalue weighted by Gasteiger charge is -2.35. The first kappa shape index (κ1) is 35.3. The van der Waals surface area contributed by atoms with Gasteiger partial charge in [0.15, 0.2) is 0 Å². The fourth-order valence-corrected chi connectivity index (χ4v) is 6.30. The van der Waals surface area contributed by atoms with Crippen molar-refractivity contribution in [3.63, 3.8) is 0 Å². The number of urea groups is 1. The third-order valence-electron chi connectivity index (χ3n) is 9.10. The molecule has 0 radical (unpaired) electrons. The first-order valence-corrected chi connectivity index (χ1v) is 17.2. The van der Waals surface area contributed by atoms with E-state index in [2.05, 4.69) is 133 Å². The molecular formula is C39H56N6O. The van der Waals surface area contributed by atoms with Crippen molar-refractivity contribution >= 4 is 29.6 Å². The summed E-state index contributed by atoms with van der Waals surface area (Å²) in [6, 6.07) is 16.4. The molecule has 0 atom stereocenters. The number of piperidine rings is 2. The summed E-state index contributed by atoms with van der Waals surface area (Å²) < 4.78 is 0. The fourth-order valence-electron chi connectivity index (χ4n) is 6.30. The van der Waals surface area contributed by atoms with Gasteiger partial charge < -0.3 is 9.80 Å². The molecule has 248 valence electrons. The predicted octanol–water partition coefficient (Wildman–Crippen LogP) is 8.07. The molecular weight excluding hydrogens is 568 g/mol. The maximum absolute atomic E-state index is 13.2. The molecule has 2 aliphatic rings. The largest absolute Gasteiger partial charge is 0.355 e. The second-order valence-electron chi connectivity index (χ2n) is 14.5. The molecule has 2 fully saturated rings. The smallest absolute Gasteiger partial charge is 0.302 e. The molecule has 2 saturated heterocycles. The molecule has 7 nitrogen and oxygen atoms in total. The lowest BCUT2D eigenvalue weighted by Crippen LogP contribution is -2.43. The standard InChI is InChI=1S/C39H56N6O/c1-31-13-17-33(18-14-31)21-23-35(38(3,4)29-44-25-9-7-10-26-44)40-42-37(46)43-41-36(24-22-34-19-15-32(2)16-20-34)39(5,6)30-45-27-11-8-12-28-45/h13-24H,7-12,25-30H2,1-6H3,(H2,42,43,46)/b23-21-,24-22-,40-35-,41-36-. The van der Waals surface area contributed by atoms with Gasteiger partial charge in [-0.3, -0.25) is 0 Å². The topological polar surface area (TPSA) is 72.3 Å². The van der Waals surface area contributed by atoms with Crippen LogP contribution in [0.3, 0.4) is 0 Å². The summed E-state index contributed by atoms with van der Waals surface area (Å²) in [6.45, 7) is 19.2. The number of benzene rings is 2. The highest BCUT2D eigenvalue weighted by molar-refractivity contribution is 6.03. The minimum Gasteiger partial charge on any atom is -0.302 e. The monoisotopic (exact) mass is 624 g/mol. The van der Waals surface area contributed by atoms with Crippen LogP contribution in [0.2, 0.25) is 0 Å². The van der Waals surface area contributed by atoms with Crippen molar-refractivity contribution in [3.8, 4) is 0 Å². The second-order valence-corrected chi connectivity index (χ2v) is 14.5. The Bertz CT molecular complexity index is 1270. The van der Waals surface area contributed by atoms with E-state index in [0.717, 1.165) is 61.8 Å². The van der Waals surface area contributed by atoms with E-state index in [1.54, 1.807) is 0 Å². The van der Waals surface area contributed by atoms with Crippen LogP contribution in [0.4, 0.5) is 4.79 Å². The zero-order valence-corrected chi connectivity index (χ0v) is 29.1. The number of amides is 2. The van der Waals surface area contributed by atoms with E-state index in [1.165, 1.54) is 49.7 Å². The minimum absolute atomic E-state index is 0.270. The van der Waals surface area contributed by atoms with E-state index in [-0.39, 0.29) is 10.8 Å². The summed E-state index contributed by atoms with van der Waals surface area (Å²) in [7, 11) is 0. The van der Waals surface area contributed by atoms with E-state index in [4.69, 9.17) is 0 Å². The molecule has 0 aliphatic carbocycles. The van der Waals surface area contributed by atoms with E-state index >= 15 is 0 Å². The number of likely N-dealkylation sites (tertiary alicyclic amines) is 2. The van der Waals surface area contributed by atoms with Crippen LogP contribution in [0.1, 0.15) is 88.5 Å². The van der Waals surface area contributed by atoms with Crippen molar-refractivity contribution in [1.82, 2.24) is 20.7 Å². The molecule has 0 spiro atoms. The van der Waals surface area contributed by atoms with Crippen molar-refractivity contribution in [2.24, 2.45) is 21.0 Å². The molecule has 2 amide bonds. The van der Waals surface area contributed by atoms with Crippen LogP contribution in [0, 0.1) is 24.7 Å². The van der Waals surface area contributed by atoms with Gasteiger partial charge in [-0.2, -0.15) is 10.2 Å². The molecule has 0 saturated carbocycles. The van der Waals surface area contributed by atoms with Gasteiger partial charge in [-0.1, -0.05) is 112 Å². The van der Waals surface area contributed by atoms with Gasteiger partial charge >= 0.3 is 6.03 Å². The highest BCUT2D eigenvalue weighted by Gasteiger charge is 2.29. The van der Waals surface area contributed by atoms with Gasteiger partial charge in [0.1, 0.15) is 0 Å². The number of carbonyl (C=O) groups is 1. The highest BCUT2D eigenvalue weighted by atomic mass is 16.2. The number of hydrazone groups is 2. The van der Waals surface area contributed by atoms with Gasteiger partial charge in [-0.05, 0) is 89.0 Å². The van der Waals surface area contributed by atoms with E-state index in [9.17, 15) is 4.79 Å². The third-order valence-corrected chi connectivity index (χ3v) is 9.10. The van der Waals surface area contributed by atoms with E-state index in [1.807, 2.05) is 12.2 Å². The minimum atomic E-state index is -0.454. The number of allylic oxidation sites excluding steroid dienone is 2. The first-order chi connectivity index (χ1) is 22.0. The number of aryl methyl sites for hydroxylation is 2. The summed E-state index contributed by atoms with van der Waals surface area (Å²) in [4.78, 5) is 18.2. The fraction of sp³-hybridized carbons (Fsp3) is 0.513. The molecule has 4 rings (SSSR count). The van der Waals surface area contributed by atoms with Crippen LogP contribution in [0.15, 0.2) is 70.9 Å². The predicted molar refractivity (Wildman–Crippen MR) is 195 cm³/mol.